The van der Waals surface area contributed by atoms with E-state index in [4.69, 9.17) is 0 Å². The molecule has 0 aliphatic carbocycles. The van der Waals surface area contributed by atoms with Gasteiger partial charge in [-0.1, -0.05) is 0 Å². The number of hydrogen-bond acceptors (Lipinski definition) is 0. The third kappa shape index (κ3) is 2.47. The average Bonchev–Trinajstić information content (AvgIpc) is 1.91. The second-order valence-corrected chi connectivity index (χ2v) is 3.14. The standard InChI is InChI=1S/C7H6.Fe.Mn/c1-7-5-3-2-4-6-7;;/h1-6H;;. The van der Waals surface area contributed by atoms with Gasteiger partial charge in [0.2, 0.25) is 0 Å². The van der Waals surface area contributed by atoms with Crippen LogP contribution in [0.4, 0.5) is 0 Å². The molecule has 0 saturated carbocycles. The van der Waals surface area contributed by atoms with E-state index in [1.54, 1.807) is 0 Å². The van der Waals surface area contributed by atoms with Gasteiger partial charge >= 0.3 is 66.6 Å². The van der Waals surface area contributed by atoms with E-state index < -0.39 is 0 Å². The normalized spacial score (nSPS) is 8.89. The number of hydrogen-bond donors (Lipinski definition) is 0. The van der Waals surface area contributed by atoms with E-state index in [0.29, 0.717) is 0 Å². The van der Waals surface area contributed by atoms with Crippen LogP contribution in [0.15, 0.2) is 30.3 Å². The van der Waals surface area contributed by atoms with Crippen molar-refractivity contribution in [2.24, 2.45) is 0 Å². The van der Waals surface area contributed by atoms with Crippen LogP contribution in [0.25, 0.3) is 0 Å². The van der Waals surface area contributed by atoms with Crippen molar-refractivity contribution in [3.8, 4) is 0 Å². The van der Waals surface area contributed by atoms with Gasteiger partial charge in [-0.15, -0.1) is 0 Å². The molecule has 0 aliphatic heterocycles. The Morgan fingerprint density at radius 1 is 1.22 bits per heavy atom. The zero-order valence-corrected chi connectivity index (χ0v) is 6.98. The third-order valence-electron chi connectivity index (χ3n) is 0.956. The van der Waals surface area contributed by atoms with Gasteiger partial charge in [-0.25, -0.2) is 0 Å². The van der Waals surface area contributed by atoms with Gasteiger partial charge in [-0.3, -0.25) is 0 Å². The molecular formula is C7H6FeMn. The van der Waals surface area contributed by atoms with Crippen LogP contribution in [0.5, 0.6) is 0 Å². The van der Waals surface area contributed by atoms with E-state index in [1.807, 2.05) is 18.2 Å². The Morgan fingerprint density at radius 3 is 2.44 bits per heavy atom. The van der Waals surface area contributed by atoms with Gasteiger partial charge in [0, 0.05) is 0 Å². The summed E-state index contributed by atoms with van der Waals surface area (Å²) in [6.45, 7) is 0. The summed E-state index contributed by atoms with van der Waals surface area (Å²) >= 11 is 4.26. The Morgan fingerprint density at radius 2 is 1.89 bits per heavy atom. The van der Waals surface area contributed by atoms with Crippen LogP contribution in [0.2, 0.25) is 0 Å². The van der Waals surface area contributed by atoms with Crippen molar-refractivity contribution in [2.45, 2.75) is 0 Å². The van der Waals surface area contributed by atoms with Crippen molar-refractivity contribution in [3.63, 3.8) is 0 Å². The Labute approximate surface area is 66.7 Å². The third-order valence-corrected chi connectivity index (χ3v) is 1.94. The van der Waals surface area contributed by atoms with Crippen LogP contribution in [-0.2, 0) is 25.8 Å². The molecule has 0 amide bonds. The first-order valence-corrected chi connectivity index (χ1v) is 5.31. The summed E-state index contributed by atoms with van der Waals surface area (Å²) in [5.41, 5.74) is 1.27. The van der Waals surface area contributed by atoms with Crippen molar-refractivity contribution >= 4 is 4.92 Å². The van der Waals surface area contributed by atoms with Crippen molar-refractivity contribution in [2.75, 3.05) is 0 Å². The molecule has 0 saturated heterocycles. The Kier molecular flexibility index (Phi) is 3.24. The van der Waals surface area contributed by atoms with Gasteiger partial charge in [-0.2, -0.15) is 0 Å². The molecule has 0 bridgehead atoms. The molecule has 0 aliphatic rings. The predicted molar refractivity (Wildman–Crippen MR) is 31.6 cm³/mol. The van der Waals surface area contributed by atoms with E-state index in [2.05, 4.69) is 30.7 Å². The summed E-state index contributed by atoms with van der Waals surface area (Å²) in [4.78, 5) is 2.12. The minimum absolute atomic E-state index is 0.928. The number of rotatable bonds is 1. The van der Waals surface area contributed by atoms with Crippen molar-refractivity contribution in [1.82, 2.24) is 0 Å². The molecule has 0 aromatic heterocycles. The van der Waals surface area contributed by atoms with E-state index in [9.17, 15) is 0 Å². The summed E-state index contributed by atoms with van der Waals surface area (Å²) in [6, 6.07) is 10.3. The maximum absolute atomic E-state index is 3.33. The summed E-state index contributed by atoms with van der Waals surface area (Å²) < 4.78 is 0. The summed E-state index contributed by atoms with van der Waals surface area (Å²) in [5.74, 6) is 0. The van der Waals surface area contributed by atoms with E-state index in [0.717, 1.165) is 12.2 Å². The second kappa shape index (κ2) is 4.03. The summed E-state index contributed by atoms with van der Waals surface area (Å²) in [6.07, 6.45) is 0. The minimum atomic E-state index is 0.928. The maximum atomic E-state index is 3.33. The molecule has 49 valence electrons. The zero-order valence-electron chi connectivity index (χ0n) is 4.70. The van der Waals surface area contributed by atoms with Gasteiger partial charge in [0.1, 0.15) is 0 Å². The molecule has 1 rings (SSSR count). The molecule has 0 fully saturated rings. The fraction of sp³-hybridized carbons (Fsp3) is 0. The molecule has 0 radical (unpaired) electrons. The van der Waals surface area contributed by atoms with Gasteiger partial charge in [0.25, 0.3) is 0 Å². The van der Waals surface area contributed by atoms with Crippen LogP contribution in [0.3, 0.4) is 0 Å². The topological polar surface area (TPSA) is 0 Å². The van der Waals surface area contributed by atoms with E-state index >= 15 is 0 Å². The molecule has 0 N–H and O–H groups in total. The Hall–Kier alpha value is 0.129. The molecule has 1 aromatic rings. The van der Waals surface area contributed by atoms with Gasteiger partial charge < -0.3 is 0 Å². The van der Waals surface area contributed by atoms with Gasteiger partial charge in [0.05, 0.1) is 0 Å². The molecular weight excluding hydrogens is 195 g/mol. The SMILES string of the molecule is [Mn]=[Fe]=[CH]c1ccccc1. The van der Waals surface area contributed by atoms with E-state index in [1.165, 1.54) is 5.56 Å². The Balaban J connectivity index is 2.97. The molecule has 1 aromatic carbocycles. The van der Waals surface area contributed by atoms with Crippen LogP contribution in [0, 0.1) is 0 Å². The first-order valence-electron chi connectivity index (χ1n) is 2.54. The first kappa shape index (κ1) is 7.24. The molecule has 0 unspecified atom stereocenters. The van der Waals surface area contributed by atoms with E-state index in [-0.39, 0.29) is 0 Å². The monoisotopic (exact) mass is 201 g/mol. The van der Waals surface area contributed by atoms with Crippen molar-refractivity contribution in [1.29, 1.82) is 0 Å². The first-order chi connectivity index (χ1) is 4.43. The molecule has 0 nitrogen and oxygen atoms in total. The average molecular weight is 201 g/mol. The summed E-state index contributed by atoms with van der Waals surface area (Å²) in [7, 11) is 0. The molecule has 9 heavy (non-hydrogen) atoms. The van der Waals surface area contributed by atoms with Crippen LogP contribution in [-0.4, -0.2) is 4.92 Å². The Bertz CT molecular complexity index is 224. The molecule has 0 spiro atoms. The van der Waals surface area contributed by atoms with Gasteiger partial charge in [-0.05, 0) is 0 Å². The quantitative estimate of drug-likeness (QED) is 0.602. The molecule has 0 atom stereocenters. The van der Waals surface area contributed by atoms with Crippen LogP contribution >= 0.6 is 0 Å². The summed E-state index contributed by atoms with van der Waals surface area (Å²) in [5, 5.41) is 0. The molecule has 0 heterocycles. The fourth-order valence-electron chi connectivity index (χ4n) is 0.566. The van der Waals surface area contributed by atoms with Gasteiger partial charge in [0.15, 0.2) is 0 Å². The zero-order chi connectivity index (χ0) is 6.53. The van der Waals surface area contributed by atoms with Crippen LogP contribution < -0.4 is 0 Å². The number of benzene rings is 1. The van der Waals surface area contributed by atoms with Crippen LogP contribution in [0.1, 0.15) is 5.56 Å². The fourth-order valence-corrected chi connectivity index (χ4v) is 1.49. The molecule has 2 heteroatoms. The van der Waals surface area contributed by atoms with Crippen molar-refractivity contribution < 1.29 is 25.8 Å². The second-order valence-electron chi connectivity index (χ2n) is 1.59. The van der Waals surface area contributed by atoms with Crippen molar-refractivity contribution in [3.05, 3.63) is 35.9 Å². The predicted octanol–water partition coefficient (Wildman–Crippen LogP) is 1.38.